The van der Waals surface area contributed by atoms with Gasteiger partial charge in [-0.15, -0.1) is 23.2 Å². The Kier molecular flexibility index (Phi) is 5.11. The van der Waals surface area contributed by atoms with Crippen LogP contribution in [0.1, 0.15) is 10.6 Å². The Morgan fingerprint density at radius 2 is 1.56 bits per heavy atom. The van der Waals surface area contributed by atoms with Crippen LogP contribution in [-0.2, 0) is 9.59 Å². The first kappa shape index (κ1) is 20.9. The Hall–Kier alpha value is -0.830. The van der Waals surface area contributed by atoms with E-state index in [1.54, 1.807) is 0 Å². The fraction of sp³-hybridized carbons (Fsp3) is 0.357. The largest absolute Gasteiger partial charge is 0.481 e. The van der Waals surface area contributed by atoms with Crippen LogP contribution in [0.2, 0.25) is 0 Å². The third-order valence-electron chi connectivity index (χ3n) is 4.53. The fourth-order valence-electron chi connectivity index (χ4n) is 3.29. The van der Waals surface area contributed by atoms with Crippen LogP contribution in [0.15, 0.2) is 32.9 Å². The number of amides is 2. The molecule has 0 saturated heterocycles. The van der Waals surface area contributed by atoms with Crippen LogP contribution in [0.3, 0.4) is 0 Å². The van der Waals surface area contributed by atoms with Gasteiger partial charge < -0.3 is 9.52 Å². The van der Waals surface area contributed by atoms with Crippen LogP contribution < -0.4 is 10.9 Å². The summed E-state index contributed by atoms with van der Waals surface area (Å²) in [6.45, 7) is 0. The number of carbonyl (C=O) groups is 3. The molecule has 2 aliphatic carbocycles. The number of furan rings is 1. The molecule has 146 valence electrons. The highest BCUT2D eigenvalue weighted by Crippen LogP contribution is 2.76. The summed E-state index contributed by atoms with van der Waals surface area (Å²) < 4.78 is 2.64. The summed E-state index contributed by atoms with van der Waals surface area (Å²) in [5, 5.41) is 8.93. The average Bonchev–Trinajstić information content (AvgIpc) is 3.20. The second-order valence-electron chi connectivity index (χ2n) is 5.84. The number of aliphatic carboxylic acids is 1. The molecule has 3 N–H and O–H groups in total. The highest BCUT2D eigenvalue weighted by Gasteiger charge is 2.85. The molecule has 1 fully saturated rings. The van der Waals surface area contributed by atoms with Gasteiger partial charge in [0.25, 0.3) is 0 Å². The molecule has 1 aromatic heterocycles. The van der Waals surface area contributed by atoms with Gasteiger partial charge in [0.05, 0.1) is 28.2 Å². The molecule has 4 atom stereocenters. The molecular formula is C14H8Cl6N2O5. The zero-order chi connectivity index (χ0) is 20.4. The van der Waals surface area contributed by atoms with Crippen molar-refractivity contribution in [1.82, 2.24) is 10.9 Å². The van der Waals surface area contributed by atoms with E-state index in [1.807, 2.05) is 0 Å². The number of nitrogens with one attached hydrogen (secondary N) is 2. The van der Waals surface area contributed by atoms with Gasteiger partial charge in [0.2, 0.25) is 5.91 Å². The molecule has 7 nitrogen and oxygen atoms in total. The fourth-order valence-corrected chi connectivity index (χ4v) is 6.23. The van der Waals surface area contributed by atoms with Gasteiger partial charge in [0.15, 0.2) is 10.1 Å². The van der Waals surface area contributed by atoms with Crippen molar-refractivity contribution in [2.45, 2.75) is 14.1 Å². The number of carboxylic acid groups (broad SMARTS) is 1. The topological polar surface area (TPSA) is 109 Å². The molecule has 1 aromatic rings. The summed E-state index contributed by atoms with van der Waals surface area (Å²) in [6, 6.07) is 2.80. The molecule has 27 heavy (non-hydrogen) atoms. The zero-order valence-corrected chi connectivity index (χ0v) is 17.3. The van der Waals surface area contributed by atoms with Crippen LogP contribution >= 0.6 is 69.6 Å². The van der Waals surface area contributed by atoms with Crippen LogP contribution in [0.25, 0.3) is 0 Å². The van der Waals surface area contributed by atoms with E-state index in [1.165, 1.54) is 18.4 Å². The van der Waals surface area contributed by atoms with Gasteiger partial charge in [-0.25, -0.2) is 0 Å². The van der Waals surface area contributed by atoms with Crippen molar-refractivity contribution in [3.8, 4) is 0 Å². The average molecular weight is 497 g/mol. The first-order valence-electron chi connectivity index (χ1n) is 7.10. The highest BCUT2D eigenvalue weighted by molar-refractivity contribution is 6.66. The van der Waals surface area contributed by atoms with E-state index < -0.39 is 43.7 Å². The molecule has 0 unspecified atom stereocenters. The predicted octanol–water partition coefficient (Wildman–Crippen LogP) is 3.20. The molecule has 0 radical (unpaired) electrons. The summed E-state index contributed by atoms with van der Waals surface area (Å²) >= 11 is 37.6. The Labute approximate surface area is 181 Å². The van der Waals surface area contributed by atoms with E-state index in [-0.39, 0.29) is 15.8 Å². The molecule has 0 aromatic carbocycles. The van der Waals surface area contributed by atoms with Gasteiger partial charge in [0, 0.05) is 0 Å². The van der Waals surface area contributed by atoms with E-state index in [0.29, 0.717) is 0 Å². The minimum atomic E-state index is -2.23. The molecule has 3 rings (SSSR count). The van der Waals surface area contributed by atoms with E-state index in [9.17, 15) is 19.5 Å². The van der Waals surface area contributed by atoms with Crippen LogP contribution in [0, 0.1) is 11.8 Å². The number of halogens is 6. The zero-order valence-electron chi connectivity index (χ0n) is 12.7. The lowest BCUT2D eigenvalue weighted by Gasteiger charge is -2.33. The maximum Gasteiger partial charge on any atom is 0.309 e. The van der Waals surface area contributed by atoms with Crippen molar-refractivity contribution >= 4 is 87.4 Å². The SMILES string of the molecule is O=C(NNC(=O)[C@@H]1[C@@H](C(=O)O)[C@]2(Cl)C(Cl)=C(Cl)[C@]1(Cl)C2(Cl)Cl)c1ccco1. The molecular weight excluding hydrogens is 489 g/mol. The lowest BCUT2D eigenvalue weighted by molar-refractivity contribution is -0.147. The van der Waals surface area contributed by atoms with Crippen LogP contribution in [0.4, 0.5) is 0 Å². The van der Waals surface area contributed by atoms with Gasteiger partial charge in [-0.3, -0.25) is 25.2 Å². The van der Waals surface area contributed by atoms with E-state index in [4.69, 9.17) is 74.0 Å². The van der Waals surface area contributed by atoms with E-state index in [2.05, 4.69) is 10.9 Å². The standard InChI is InChI=1S/C14H8Cl6N2O5/c15-7-8(16)13(18)6(11(25)26)5(12(7,17)14(13,19)20)10(24)22-21-9(23)4-2-1-3-27-4/h1-3,5-6H,(H,21,23)(H,22,24)(H,25,26)/t5-,6-,12-,13-/m0/s1. The molecule has 13 heteroatoms. The van der Waals surface area contributed by atoms with Crippen molar-refractivity contribution in [2.24, 2.45) is 11.8 Å². The maximum absolute atomic E-state index is 12.7. The second-order valence-corrected chi connectivity index (χ2v) is 9.12. The molecule has 1 heterocycles. The third kappa shape index (κ3) is 2.52. The summed E-state index contributed by atoms with van der Waals surface area (Å²) in [5.41, 5.74) is 4.11. The Morgan fingerprint density at radius 1 is 1.00 bits per heavy atom. The minimum Gasteiger partial charge on any atom is -0.481 e. The normalized spacial score (nSPS) is 33.9. The monoisotopic (exact) mass is 494 g/mol. The summed E-state index contributed by atoms with van der Waals surface area (Å²) in [4.78, 5) is 32.1. The van der Waals surface area contributed by atoms with Gasteiger partial charge in [0.1, 0.15) is 9.75 Å². The quantitative estimate of drug-likeness (QED) is 0.440. The first-order valence-corrected chi connectivity index (χ1v) is 9.37. The van der Waals surface area contributed by atoms with Crippen molar-refractivity contribution < 1.29 is 23.9 Å². The highest BCUT2D eigenvalue weighted by atomic mass is 35.5. The van der Waals surface area contributed by atoms with Crippen LogP contribution in [0.5, 0.6) is 0 Å². The number of alkyl halides is 4. The number of hydrogen-bond donors (Lipinski definition) is 3. The molecule has 2 amide bonds. The molecule has 1 saturated carbocycles. The lowest BCUT2D eigenvalue weighted by atomic mass is 9.81. The number of fused-ring (bicyclic) bond motifs is 2. The minimum absolute atomic E-state index is 0.0996. The van der Waals surface area contributed by atoms with Crippen molar-refractivity contribution in [2.75, 3.05) is 0 Å². The Morgan fingerprint density at radius 3 is 2.04 bits per heavy atom. The molecule has 0 spiro atoms. The van der Waals surface area contributed by atoms with E-state index in [0.717, 1.165) is 0 Å². The van der Waals surface area contributed by atoms with Gasteiger partial charge >= 0.3 is 11.9 Å². The number of carboxylic acids is 1. The second kappa shape index (κ2) is 6.61. The summed E-state index contributed by atoms with van der Waals surface area (Å²) in [7, 11) is 0. The van der Waals surface area contributed by atoms with Gasteiger partial charge in [-0.1, -0.05) is 46.4 Å². The van der Waals surface area contributed by atoms with Crippen LogP contribution in [-0.4, -0.2) is 37.0 Å². The van der Waals surface area contributed by atoms with Crippen molar-refractivity contribution in [3.05, 3.63) is 34.2 Å². The Bertz CT molecular complexity index is 871. The number of carbonyl (C=O) groups excluding carboxylic acids is 2. The molecule has 2 bridgehead atoms. The van der Waals surface area contributed by atoms with Gasteiger partial charge in [-0.2, -0.15) is 0 Å². The lowest BCUT2D eigenvalue weighted by Crippen LogP contribution is -2.53. The van der Waals surface area contributed by atoms with Gasteiger partial charge in [-0.05, 0) is 12.1 Å². The number of rotatable bonds is 3. The number of allylic oxidation sites excluding steroid dienone is 2. The van der Waals surface area contributed by atoms with Crippen molar-refractivity contribution in [3.63, 3.8) is 0 Å². The molecule has 2 aliphatic rings. The van der Waals surface area contributed by atoms with Crippen molar-refractivity contribution in [1.29, 1.82) is 0 Å². The smallest absolute Gasteiger partial charge is 0.309 e. The first-order chi connectivity index (χ1) is 12.4. The van der Waals surface area contributed by atoms with E-state index >= 15 is 0 Å². The number of hydrazine groups is 1. The predicted molar refractivity (Wildman–Crippen MR) is 99.3 cm³/mol. The molecule has 0 aliphatic heterocycles. The number of hydrogen-bond acceptors (Lipinski definition) is 4. The maximum atomic E-state index is 12.7. The third-order valence-corrected chi connectivity index (χ3v) is 8.79. The summed E-state index contributed by atoms with van der Waals surface area (Å²) in [6.07, 6.45) is 1.25. The summed E-state index contributed by atoms with van der Waals surface area (Å²) in [5.74, 6) is -6.85. The Balaban J connectivity index is 1.95.